The number of esters is 1. The van der Waals surface area contributed by atoms with Crippen molar-refractivity contribution in [2.45, 2.75) is 70.1 Å². The largest absolute Gasteiger partial charge is 0.488 e. The summed E-state index contributed by atoms with van der Waals surface area (Å²) in [6.45, 7) is 4.81. The van der Waals surface area contributed by atoms with Gasteiger partial charge in [-0.05, 0) is 57.2 Å². The minimum atomic E-state index is -1.01. The van der Waals surface area contributed by atoms with Crippen LogP contribution < -0.4 is 4.74 Å². The zero-order valence-electron chi connectivity index (χ0n) is 20.2. The Kier molecular flexibility index (Phi) is 10.1. The van der Waals surface area contributed by atoms with E-state index in [1.54, 1.807) is 0 Å². The molecule has 1 aliphatic heterocycles. The van der Waals surface area contributed by atoms with E-state index in [1.165, 1.54) is 0 Å². The van der Waals surface area contributed by atoms with Crippen LogP contribution in [0.4, 0.5) is 0 Å². The van der Waals surface area contributed by atoms with E-state index < -0.39 is 18.0 Å². The van der Waals surface area contributed by atoms with Gasteiger partial charge in [-0.15, -0.1) is 0 Å². The third-order valence-electron chi connectivity index (χ3n) is 6.14. The summed E-state index contributed by atoms with van der Waals surface area (Å²) in [4.78, 5) is 11.6. The van der Waals surface area contributed by atoms with Crippen molar-refractivity contribution in [3.8, 4) is 5.75 Å². The lowest BCUT2D eigenvalue weighted by molar-refractivity contribution is -0.147. The molecule has 1 heterocycles. The predicted molar refractivity (Wildman–Crippen MR) is 128 cm³/mol. The lowest BCUT2D eigenvalue weighted by Crippen LogP contribution is -2.35. The molecule has 4 atom stereocenters. The zero-order valence-corrected chi connectivity index (χ0v) is 20.2. The van der Waals surface area contributed by atoms with Gasteiger partial charge in [0, 0.05) is 18.8 Å². The van der Waals surface area contributed by atoms with Crippen LogP contribution in [0.2, 0.25) is 0 Å². The van der Waals surface area contributed by atoms with E-state index in [2.05, 4.69) is 0 Å². The van der Waals surface area contributed by atoms with E-state index in [9.17, 15) is 15.0 Å². The Labute approximate surface area is 202 Å². The minimum Gasteiger partial charge on any atom is -0.488 e. The highest BCUT2D eigenvalue weighted by Gasteiger charge is 2.41. The van der Waals surface area contributed by atoms with Gasteiger partial charge in [0.1, 0.15) is 12.4 Å². The van der Waals surface area contributed by atoms with E-state index in [0.29, 0.717) is 32.5 Å². The molecule has 188 valence electrons. The fraction of sp³-hybridized carbons (Fsp3) is 0.593. The van der Waals surface area contributed by atoms with Crippen LogP contribution in [0.25, 0.3) is 0 Å². The number of hydrogen-bond acceptors (Lipinski definition) is 7. The number of hydrogen-bond donors (Lipinski definition) is 2. The lowest BCUT2D eigenvalue weighted by atomic mass is 9.89. The fourth-order valence-electron chi connectivity index (χ4n) is 4.42. The molecule has 2 fully saturated rings. The maximum atomic E-state index is 11.6. The molecule has 34 heavy (non-hydrogen) atoms. The molecule has 2 aliphatic rings. The number of allylic oxidation sites excluding steroid dienone is 2. The normalized spacial score (nSPS) is 26.6. The second kappa shape index (κ2) is 13.0. The highest BCUT2D eigenvalue weighted by atomic mass is 16.8. The lowest BCUT2D eigenvalue weighted by Gasteiger charge is -2.26. The average molecular weight is 475 g/mol. The number of para-hydroxylation sites is 1. The van der Waals surface area contributed by atoms with E-state index in [0.717, 1.165) is 18.6 Å². The van der Waals surface area contributed by atoms with Gasteiger partial charge in [-0.2, -0.15) is 0 Å². The summed E-state index contributed by atoms with van der Waals surface area (Å²) in [6.07, 6.45) is 9.33. The first-order valence-electron chi connectivity index (χ1n) is 12.2. The van der Waals surface area contributed by atoms with E-state index >= 15 is 0 Å². The van der Waals surface area contributed by atoms with Gasteiger partial charge in [-0.25, -0.2) is 0 Å². The molecule has 1 aromatic carbocycles. The number of rotatable bonds is 12. The Hall–Kier alpha value is -2.19. The quantitative estimate of drug-likeness (QED) is 0.270. The first-order chi connectivity index (χ1) is 16.4. The maximum absolute atomic E-state index is 11.6. The van der Waals surface area contributed by atoms with Crippen molar-refractivity contribution < 1.29 is 34.0 Å². The number of benzene rings is 1. The van der Waals surface area contributed by atoms with Gasteiger partial charge in [0.15, 0.2) is 0 Å². The monoisotopic (exact) mass is 474 g/mol. The van der Waals surface area contributed by atoms with Gasteiger partial charge in [-0.1, -0.05) is 36.4 Å². The van der Waals surface area contributed by atoms with Crippen LogP contribution >= 0.6 is 0 Å². The molecule has 1 saturated carbocycles. The molecule has 3 rings (SSSR count). The fourth-order valence-corrected chi connectivity index (χ4v) is 4.42. The molecule has 1 saturated heterocycles. The van der Waals surface area contributed by atoms with Gasteiger partial charge in [0.25, 0.3) is 0 Å². The van der Waals surface area contributed by atoms with E-state index in [-0.39, 0.29) is 30.5 Å². The Morgan fingerprint density at radius 3 is 2.59 bits per heavy atom. The zero-order chi connectivity index (χ0) is 24.4. The van der Waals surface area contributed by atoms with Gasteiger partial charge < -0.3 is 29.2 Å². The molecular formula is C27H38O7. The Morgan fingerprint density at radius 1 is 1.15 bits per heavy atom. The van der Waals surface area contributed by atoms with Crippen molar-refractivity contribution in [3.05, 3.63) is 54.6 Å². The van der Waals surface area contributed by atoms with Crippen molar-refractivity contribution in [1.82, 2.24) is 0 Å². The topological polar surface area (TPSA) is 94.5 Å². The Bertz CT molecular complexity index is 798. The van der Waals surface area contributed by atoms with Crippen molar-refractivity contribution in [1.29, 1.82) is 0 Å². The second-order valence-electron chi connectivity index (χ2n) is 9.22. The molecule has 0 radical (unpaired) electrons. The molecule has 7 heteroatoms. The molecule has 0 spiro atoms. The van der Waals surface area contributed by atoms with Crippen LogP contribution in [0, 0.1) is 11.8 Å². The van der Waals surface area contributed by atoms with Crippen molar-refractivity contribution in [2.75, 3.05) is 19.8 Å². The molecule has 0 unspecified atom stereocenters. The molecular weight excluding hydrogens is 436 g/mol. The van der Waals surface area contributed by atoms with Crippen molar-refractivity contribution >= 4 is 5.97 Å². The highest BCUT2D eigenvalue weighted by molar-refractivity contribution is 5.69. The summed E-state index contributed by atoms with van der Waals surface area (Å²) >= 11 is 0. The summed E-state index contributed by atoms with van der Waals surface area (Å²) in [5.74, 6) is -0.784. The van der Waals surface area contributed by atoms with Crippen LogP contribution in [0.5, 0.6) is 5.75 Å². The number of carbonyl (C=O) groups excluding carboxylic acids is 1. The maximum Gasteiger partial charge on any atom is 0.306 e. The minimum absolute atomic E-state index is 0.0904. The first kappa shape index (κ1) is 26.4. The standard InChI is InChI=1S/C27H38O7/c1-20(2)34-26(30)13-9-4-3-8-12-22-23(25(29)18-24(22)28)14-15-27(32-16-17-33-27)19-31-21-10-6-5-7-11-21/h3,5-8,10-11,14-15,20,22-25,28-29H,4,9,12-13,16-19H2,1-2H3/b8-3-,15-14+/t22-,23-,24+,25-/m1/s1. The summed E-state index contributed by atoms with van der Waals surface area (Å²) < 4.78 is 22.7. The van der Waals surface area contributed by atoms with Crippen LogP contribution in [-0.4, -0.2) is 60.1 Å². The number of carbonyl (C=O) groups is 1. The van der Waals surface area contributed by atoms with E-state index in [4.69, 9.17) is 18.9 Å². The van der Waals surface area contributed by atoms with Crippen LogP contribution in [0.3, 0.4) is 0 Å². The SMILES string of the molecule is CC(C)OC(=O)CCC/C=C\C[C@@H]1[C@@H](/C=C/C2(COc3ccccc3)OCCO2)[C@H](O)C[C@@H]1O. The first-order valence-corrected chi connectivity index (χ1v) is 12.2. The summed E-state index contributed by atoms with van der Waals surface area (Å²) in [7, 11) is 0. The molecule has 0 bridgehead atoms. The highest BCUT2D eigenvalue weighted by Crippen LogP contribution is 2.37. The van der Waals surface area contributed by atoms with Gasteiger partial charge in [0.2, 0.25) is 5.79 Å². The number of unbranched alkanes of at least 4 members (excludes halogenated alkanes) is 1. The third kappa shape index (κ3) is 7.94. The average Bonchev–Trinajstić information content (AvgIpc) is 3.38. The van der Waals surface area contributed by atoms with Gasteiger partial charge in [0.05, 0.1) is 31.5 Å². The Balaban J connectivity index is 1.53. The number of aliphatic hydroxyl groups is 2. The molecule has 7 nitrogen and oxygen atoms in total. The summed E-state index contributed by atoms with van der Waals surface area (Å²) in [5, 5.41) is 21.1. The summed E-state index contributed by atoms with van der Waals surface area (Å²) in [5.41, 5.74) is 0. The smallest absolute Gasteiger partial charge is 0.306 e. The van der Waals surface area contributed by atoms with Crippen LogP contribution in [-0.2, 0) is 19.0 Å². The third-order valence-corrected chi connectivity index (χ3v) is 6.14. The molecule has 1 aromatic rings. The number of aliphatic hydroxyl groups excluding tert-OH is 2. The Morgan fingerprint density at radius 2 is 1.88 bits per heavy atom. The second-order valence-corrected chi connectivity index (χ2v) is 9.22. The molecule has 0 amide bonds. The molecule has 1 aliphatic carbocycles. The molecule has 2 N–H and O–H groups in total. The van der Waals surface area contributed by atoms with Gasteiger partial charge in [-0.3, -0.25) is 4.79 Å². The van der Waals surface area contributed by atoms with Crippen molar-refractivity contribution in [3.63, 3.8) is 0 Å². The van der Waals surface area contributed by atoms with Gasteiger partial charge >= 0.3 is 5.97 Å². The van der Waals surface area contributed by atoms with Crippen LogP contribution in [0.15, 0.2) is 54.6 Å². The van der Waals surface area contributed by atoms with Crippen molar-refractivity contribution in [2.24, 2.45) is 11.8 Å². The summed E-state index contributed by atoms with van der Waals surface area (Å²) in [6, 6.07) is 9.48. The van der Waals surface area contributed by atoms with E-state index in [1.807, 2.05) is 68.5 Å². The number of ether oxygens (including phenoxy) is 4. The predicted octanol–water partition coefficient (Wildman–Crippen LogP) is 3.79. The van der Waals surface area contributed by atoms with Crippen LogP contribution in [0.1, 0.15) is 46.0 Å². The molecule has 0 aromatic heterocycles.